The van der Waals surface area contributed by atoms with E-state index in [2.05, 4.69) is 37.6 Å². The second-order valence-electron chi connectivity index (χ2n) is 3.04. The minimum absolute atomic E-state index is 1.20. The van der Waals surface area contributed by atoms with Crippen molar-refractivity contribution in [3.63, 3.8) is 0 Å². The van der Waals surface area contributed by atoms with Crippen molar-refractivity contribution in [1.29, 1.82) is 0 Å². The highest BCUT2D eigenvalue weighted by Gasteiger charge is 1.99. The van der Waals surface area contributed by atoms with Crippen LogP contribution in [0, 0.1) is 20.8 Å². The average Bonchev–Trinajstić information content (AvgIpc) is 2.01. The van der Waals surface area contributed by atoms with E-state index in [-0.39, 0.29) is 0 Å². The fourth-order valence-electron chi connectivity index (χ4n) is 1.21. The van der Waals surface area contributed by atoms with Crippen LogP contribution < -0.4 is 4.72 Å². The SMILES string of the molecule is CSNc1cc(C)c(C)c(C)c1. The van der Waals surface area contributed by atoms with Crippen molar-refractivity contribution in [3.05, 3.63) is 28.8 Å². The molecule has 12 heavy (non-hydrogen) atoms. The van der Waals surface area contributed by atoms with Gasteiger partial charge in [0.15, 0.2) is 0 Å². The summed E-state index contributed by atoms with van der Waals surface area (Å²) in [4.78, 5) is 0. The number of nitrogens with one attached hydrogen (secondary N) is 1. The second-order valence-corrected chi connectivity index (χ2v) is 3.65. The van der Waals surface area contributed by atoms with Crippen molar-refractivity contribution in [2.45, 2.75) is 20.8 Å². The molecule has 0 aliphatic heterocycles. The lowest BCUT2D eigenvalue weighted by molar-refractivity contribution is 1.27. The summed E-state index contributed by atoms with van der Waals surface area (Å²) in [5, 5.41) is 0. The predicted molar refractivity (Wildman–Crippen MR) is 57.8 cm³/mol. The molecule has 0 atom stereocenters. The van der Waals surface area contributed by atoms with Crippen LogP contribution in [0.5, 0.6) is 0 Å². The fourth-order valence-corrected chi connectivity index (χ4v) is 1.57. The molecule has 0 fully saturated rings. The van der Waals surface area contributed by atoms with Crippen LogP contribution in [-0.4, -0.2) is 6.26 Å². The topological polar surface area (TPSA) is 12.0 Å². The van der Waals surface area contributed by atoms with Gasteiger partial charge >= 0.3 is 0 Å². The van der Waals surface area contributed by atoms with Crippen molar-refractivity contribution in [2.24, 2.45) is 0 Å². The number of anilines is 1. The fraction of sp³-hybridized carbons (Fsp3) is 0.400. The first-order valence-corrected chi connectivity index (χ1v) is 5.24. The molecule has 0 saturated heterocycles. The van der Waals surface area contributed by atoms with Gasteiger partial charge in [-0.15, -0.1) is 0 Å². The average molecular weight is 181 g/mol. The lowest BCUT2D eigenvalue weighted by atomic mass is 10.0. The Hall–Kier alpha value is -0.630. The van der Waals surface area contributed by atoms with E-state index < -0.39 is 0 Å². The smallest absolute Gasteiger partial charge is 0.0445 e. The molecule has 0 amide bonds. The Labute approximate surface area is 78.7 Å². The van der Waals surface area contributed by atoms with Gasteiger partial charge in [-0.05, 0) is 49.6 Å². The molecule has 1 rings (SSSR count). The molecule has 2 heteroatoms. The van der Waals surface area contributed by atoms with E-state index in [1.165, 1.54) is 22.4 Å². The van der Waals surface area contributed by atoms with Crippen LogP contribution >= 0.6 is 11.9 Å². The monoisotopic (exact) mass is 181 g/mol. The van der Waals surface area contributed by atoms with Crippen molar-refractivity contribution in [1.82, 2.24) is 0 Å². The van der Waals surface area contributed by atoms with Gasteiger partial charge in [-0.3, -0.25) is 0 Å². The molecule has 1 aromatic rings. The Morgan fingerprint density at radius 3 is 2.00 bits per heavy atom. The predicted octanol–water partition coefficient (Wildman–Crippen LogP) is 3.30. The molecule has 0 unspecified atom stereocenters. The highest BCUT2D eigenvalue weighted by Crippen LogP contribution is 2.20. The van der Waals surface area contributed by atoms with Crippen LogP contribution in [0.3, 0.4) is 0 Å². The molecule has 0 radical (unpaired) electrons. The van der Waals surface area contributed by atoms with Crippen LogP contribution in [0.15, 0.2) is 12.1 Å². The Bertz CT molecular complexity index is 258. The third-order valence-corrected chi connectivity index (χ3v) is 2.59. The van der Waals surface area contributed by atoms with E-state index in [4.69, 9.17) is 0 Å². The maximum atomic E-state index is 3.23. The molecular weight excluding hydrogens is 166 g/mol. The van der Waals surface area contributed by atoms with Gasteiger partial charge in [-0.1, -0.05) is 11.9 Å². The minimum Gasteiger partial charge on any atom is -0.330 e. The van der Waals surface area contributed by atoms with Gasteiger partial charge in [0, 0.05) is 11.9 Å². The van der Waals surface area contributed by atoms with Gasteiger partial charge in [0.1, 0.15) is 0 Å². The molecule has 0 spiro atoms. The van der Waals surface area contributed by atoms with E-state index >= 15 is 0 Å². The maximum Gasteiger partial charge on any atom is 0.0445 e. The molecule has 0 aliphatic rings. The number of hydrogen-bond donors (Lipinski definition) is 1. The van der Waals surface area contributed by atoms with Crippen LogP contribution in [-0.2, 0) is 0 Å². The number of benzene rings is 1. The standard InChI is InChI=1S/C10H15NS/c1-7-5-10(11-12-4)6-8(2)9(7)3/h5-6,11H,1-4H3. The molecule has 1 nitrogen and oxygen atoms in total. The molecule has 1 N–H and O–H groups in total. The molecule has 0 aromatic heterocycles. The molecule has 1 aromatic carbocycles. The first kappa shape index (κ1) is 9.46. The molecule has 0 aliphatic carbocycles. The summed E-state index contributed by atoms with van der Waals surface area (Å²) in [5.74, 6) is 0. The van der Waals surface area contributed by atoms with Crippen LogP contribution in [0.1, 0.15) is 16.7 Å². The summed E-state index contributed by atoms with van der Waals surface area (Å²) >= 11 is 1.63. The van der Waals surface area contributed by atoms with Crippen LogP contribution in [0.2, 0.25) is 0 Å². The van der Waals surface area contributed by atoms with E-state index in [9.17, 15) is 0 Å². The molecule has 0 saturated carbocycles. The van der Waals surface area contributed by atoms with E-state index in [1.807, 2.05) is 6.26 Å². The van der Waals surface area contributed by atoms with Crippen molar-refractivity contribution in [2.75, 3.05) is 11.0 Å². The number of hydrogen-bond acceptors (Lipinski definition) is 2. The van der Waals surface area contributed by atoms with Crippen LogP contribution in [0.25, 0.3) is 0 Å². The highest BCUT2D eigenvalue weighted by molar-refractivity contribution is 7.99. The zero-order valence-corrected chi connectivity index (χ0v) is 8.88. The molecule has 0 bridgehead atoms. The van der Waals surface area contributed by atoms with E-state index in [0.29, 0.717) is 0 Å². The zero-order chi connectivity index (χ0) is 9.14. The van der Waals surface area contributed by atoms with Gasteiger partial charge in [0.2, 0.25) is 0 Å². The highest BCUT2D eigenvalue weighted by atomic mass is 32.2. The number of rotatable bonds is 2. The minimum atomic E-state index is 1.20. The third-order valence-electron chi connectivity index (χ3n) is 2.15. The first-order chi connectivity index (χ1) is 5.65. The van der Waals surface area contributed by atoms with Gasteiger partial charge in [-0.2, -0.15) is 0 Å². The molecular formula is C10H15NS. The van der Waals surface area contributed by atoms with Crippen molar-refractivity contribution in [3.8, 4) is 0 Å². The quantitative estimate of drug-likeness (QED) is 0.703. The summed E-state index contributed by atoms with van der Waals surface area (Å²) in [5.41, 5.74) is 5.29. The van der Waals surface area contributed by atoms with Crippen molar-refractivity contribution >= 4 is 17.6 Å². The van der Waals surface area contributed by atoms with Gasteiger partial charge in [0.25, 0.3) is 0 Å². The normalized spacial score (nSPS) is 10.0. The van der Waals surface area contributed by atoms with Crippen LogP contribution in [0.4, 0.5) is 5.69 Å². The Morgan fingerprint density at radius 2 is 1.58 bits per heavy atom. The summed E-state index contributed by atoms with van der Waals surface area (Å²) in [6, 6.07) is 4.36. The second kappa shape index (κ2) is 3.85. The van der Waals surface area contributed by atoms with Gasteiger partial charge < -0.3 is 4.72 Å². The Morgan fingerprint density at radius 1 is 1.08 bits per heavy atom. The molecule has 66 valence electrons. The molecule has 0 heterocycles. The largest absolute Gasteiger partial charge is 0.330 e. The van der Waals surface area contributed by atoms with Gasteiger partial charge in [-0.25, -0.2) is 0 Å². The number of aryl methyl sites for hydroxylation is 2. The first-order valence-electron chi connectivity index (χ1n) is 4.02. The summed E-state index contributed by atoms with van der Waals surface area (Å²) in [7, 11) is 0. The Kier molecular flexibility index (Phi) is 3.04. The summed E-state index contributed by atoms with van der Waals surface area (Å²) < 4.78 is 3.23. The Balaban J connectivity index is 3.04. The summed E-state index contributed by atoms with van der Waals surface area (Å²) in [6.45, 7) is 6.45. The lowest BCUT2D eigenvalue weighted by Crippen LogP contribution is -1.91. The zero-order valence-electron chi connectivity index (χ0n) is 8.06. The van der Waals surface area contributed by atoms with Crippen molar-refractivity contribution < 1.29 is 0 Å². The van der Waals surface area contributed by atoms with E-state index in [1.54, 1.807) is 11.9 Å². The third kappa shape index (κ3) is 1.95. The summed E-state index contributed by atoms with van der Waals surface area (Å²) in [6.07, 6.45) is 2.03. The lowest BCUT2D eigenvalue weighted by Gasteiger charge is -2.08. The van der Waals surface area contributed by atoms with E-state index in [0.717, 1.165) is 0 Å². The maximum absolute atomic E-state index is 3.23. The van der Waals surface area contributed by atoms with Gasteiger partial charge in [0.05, 0.1) is 0 Å².